The van der Waals surface area contributed by atoms with E-state index in [4.69, 9.17) is 15.9 Å². The zero-order valence-electron chi connectivity index (χ0n) is 24.7. The third-order valence-corrected chi connectivity index (χ3v) is 6.49. The average Bonchev–Trinajstić information content (AvgIpc) is 2.98. The quantitative estimate of drug-likeness (QED) is 0.114. The van der Waals surface area contributed by atoms with E-state index in [2.05, 4.69) is 15.6 Å². The molecule has 4 aromatic rings. The Balaban J connectivity index is 1.72. The maximum atomic E-state index is 13.5. The number of nitrogens with one attached hydrogen (secondary N) is 3. The Morgan fingerprint density at radius 1 is 0.860 bits per heavy atom. The number of hydrogen-bond acceptors (Lipinski definition) is 6. The van der Waals surface area contributed by atoms with Gasteiger partial charge in [-0.1, -0.05) is 63.2 Å². The Hall–Kier alpha value is -5.31. The highest BCUT2D eigenvalue weighted by molar-refractivity contribution is 6.10. The molecule has 0 spiro atoms. The van der Waals surface area contributed by atoms with Crippen molar-refractivity contribution < 1.29 is 19.1 Å². The molecule has 220 valence electrons. The van der Waals surface area contributed by atoms with Crippen LogP contribution >= 0.6 is 0 Å². The molecule has 0 unspecified atom stereocenters. The zero-order valence-corrected chi connectivity index (χ0v) is 24.7. The maximum absolute atomic E-state index is 13.5. The molecule has 0 bridgehead atoms. The number of aryl methyl sites for hydroxylation is 1. The SMILES string of the molecule is Cc1ccc(-c2ccc(C(=O)NCC(C)(C)C)cc2C(=O)OCc2ccccc2)c(C(=O)Nc2ccc(C(=N)N)cc2)n1. The van der Waals surface area contributed by atoms with Crippen LogP contribution in [0.2, 0.25) is 0 Å². The number of pyridine rings is 1. The molecule has 0 fully saturated rings. The molecule has 9 heteroatoms. The van der Waals surface area contributed by atoms with Crippen molar-refractivity contribution in [3.05, 3.63) is 119 Å². The minimum Gasteiger partial charge on any atom is -0.457 e. The molecule has 0 aliphatic rings. The summed E-state index contributed by atoms with van der Waals surface area (Å²) in [6.07, 6.45) is 0. The second kappa shape index (κ2) is 13.1. The number of carbonyl (C=O) groups is 3. The van der Waals surface area contributed by atoms with Gasteiger partial charge in [-0.3, -0.25) is 15.0 Å². The molecule has 1 aromatic heterocycles. The summed E-state index contributed by atoms with van der Waals surface area (Å²) >= 11 is 0. The van der Waals surface area contributed by atoms with Crippen LogP contribution in [0.4, 0.5) is 5.69 Å². The van der Waals surface area contributed by atoms with E-state index >= 15 is 0 Å². The van der Waals surface area contributed by atoms with Gasteiger partial charge in [0.15, 0.2) is 0 Å². The Kier molecular flexibility index (Phi) is 9.35. The van der Waals surface area contributed by atoms with Crippen LogP contribution in [0.1, 0.15) is 68.8 Å². The predicted octanol–water partition coefficient (Wildman–Crippen LogP) is 5.73. The molecular weight excluding hydrogens is 542 g/mol. The summed E-state index contributed by atoms with van der Waals surface area (Å²) in [6.45, 7) is 8.28. The van der Waals surface area contributed by atoms with Crippen LogP contribution in [-0.4, -0.2) is 35.1 Å². The van der Waals surface area contributed by atoms with Crippen LogP contribution in [0.25, 0.3) is 11.1 Å². The van der Waals surface area contributed by atoms with Gasteiger partial charge in [-0.15, -0.1) is 0 Å². The molecule has 0 saturated heterocycles. The van der Waals surface area contributed by atoms with Gasteiger partial charge in [0, 0.05) is 34.6 Å². The molecule has 1 heterocycles. The van der Waals surface area contributed by atoms with E-state index in [0.29, 0.717) is 34.6 Å². The lowest BCUT2D eigenvalue weighted by atomic mass is 9.94. The second-order valence-electron chi connectivity index (χ2n) is 11.4. The normalized spacial score (nSPS) is 11.0. The summed E-state index contributed by atoms with van der Waals surface area (Å²) in [5, 5.41) is 13.3. The molecule has 0 saturated carbocycles. The highest BCUT2D eigenvalue weighted by Crippen LogP contribution is 2.30. The molecular formula is C34H35N5O4. The van der Waals surface area contributed by atoms with E-state index in [1.165, 1.54) is 6.07 Å². The number of carbonyl (C=O) groups excluding carboxylic acids is 3. The summed E-state index contributed by atoms with van der Waals surface area (Å²) in [7, 11) is 0. The first kappa shape index (κ1) is 30.6. The van der Waals surface area contributed by atoms with Crippen molar-refractivity contribution in [3.63, 3.8) is 0 Å². The highest BCUT2D eigenvalue weighted by atomic mass is 16.5. The Labute approximate surface area is 251 Å². The molecule has 0 atom stereocenters. The number of nitrogens with zero attached hydrogens (tertiary/aromatic N) is 1. The van der Waals surface area contributed by atoms with Crippen molar-refractivity contribution in [2.75, 3.05) is 11.9 Å². The van der Waals surface area contributed by atoms with E-state index in [9.17, 15) is 14.4 Å². The summed E-state index contributed by atoms with van der Waals surface area (Å²) < 4.78 is 5.66. The van der Waals surface area contributed by atoms with E-state index in [-0.39, 0.29) is 40.6 Å². The smallest absolute Gasteiger partial charge is 0.339 e. The standard InChI is InChI=1S/C34H35N5O4/c1-21-10-16-27(29(38-21)32(41)39-25-14-11-23(12-15-25)30(35)36)26-17-13-24(31(40)37-20-34(2,3)4)18-28(26)33(42)43-19-22-8-6-5-7-9-22/h5-18H,19-20H2,1-4H3,(H3,35,36)(H,37,40)(H,39,41). The Bertz CT molecular complexity index is 1660. The van der Waals surface area contributed by atoms with Crippen molar-refractivity contribution in [1.29, 1.82) is 5.41 Å². The van der Waals surface area contributed by atoms with E-state index in [1.807, 2.05) is 51.1 Å². The third kappa shape index (κ3) is 8.13. The molecule has 3 aromatic carbocycles. The third-order valence-electron chi connectivity index (χ3n) is 6.49. The fraction of sp³-hybridized carbons (Fsp3) is 0.206. The first-order valence-corrected chi connectivity index (χ1v) is 13.8. The first-order chi connectivity index (χ1) is 20.4. The predicted molar refractivity (Wildman–Crippen MR) is 167 cm³/mol. The molecule has 4 rings (SSSR count). The fourth-order valence-electron chi connectivity index (χ4n) is 4.21. The number of nitrogens with two attached hydrogens (primary N) is 1. The van der Waals surface area contributed by atoms with Crippen LogP contribution in [-0.2, 0) is 11.3 Å². The second-order valence-corrected chi connectivity index (χ2v) is 11.4. The molecule has 2 amide bonds. The number of esters is 1. The van der Waals surface area contributed by atoms with Crippen molar-refractivity contribution >= 4 is 29.3 Å². The average molecular weight is 578 g/mol. The monoisotopic (exact) mass is 577 g/mol. The van der Waals surface area contributed by atoms with Crippen molar-refractivity contribution in [2.24, 2.45) is 11.1 Å². The number of amides is 2. The lowest BCUT2D eigenvalue weighted by Crippen LogP contribution is -2.32. The lowest BCUT2D eigenvalue weighted by molar-refractivity contribution is 0.0473. The van der Waals surface area contributed by atoms with Crippen LogP contribution < -0.4 is 16.4 Å². The highest BCUT2D eigenvalue weighted by Gasteiger charge is 2.23. The number of rotatable bonds is 9. The van der Waals surface area contributed by atoms with Gasteiger partial charge in [0.1, 0.15) is 18.1 Å². The van der Waals surface area contributed by atoms with Crippen molar-refractivity contribution in [3.8, 4) is 11.1 Å². The topological polar surface area (TPSA) is 147 Å². The Morgan fingerprint density at radius 2 is 1.51 bits per heavy atom. The zero-order chi connectivity index (χ0) is 31.1. The van der Waals surface area contributed by atoms with E-state index in [1.54, 1.807) is 55.5 Å². The number of hydrogen-bond donors (Lipinski definition) is 4. The van der Waals surface area contributed by atoms with Gasteiger partial charge >= 0.3 is 5.97 Å². The number of amidine groups is 1. The van der Waals surface area contributed by atoms with Crippen LogP contribution in [0.15, 0.2) is 84.9 Å². The van der Waals surface area contributed by atoms with Gasteiger partial charge in [0.05, 0.1) is 5.56 Å². The number of nitrogen functional groups attached to an aromatic ring is 1. The van der Waals surface area contributed by atoms with Gasteiger partial charge in [0.25, 0.3) is 11.8 Å². The fourth-order valence-corrected chi connectivity index (χ4v) is 4.21. The van der Waals surface area contributed by atoms with Gasteiger partial charge in [-0.25, -0.2) is 9.78 Å². The largest absolute Gasteiger partial charge is 0.457 e. The number of ether oxygens (including phenoxy) is 1. The summed E-state index contributed by atoms with van der Waals surface area (Å²) in [5.41, 5.74) is 9.14. The first-order valence-electron chi connectivity index (χ1n) is 13.8. The summed E-state index contributed by atoms with van der Waals surface area (Å²) in [5.74, 6) is -1.55. The number of benzene rings is 3. The van der Waals surface area contributed by atoms with Crippen molar-refractivity contribution in [2.45, 2.75) is 34.3 Å². The molecule has 5 N–H and O–H groups in total. The summed E-state index contributed by atoms with van der Waals surface area (Å²) in [4.78, 5) is 44.6. The molecule has 0 radical (unpaired) electrons. The van der Waals surface area contributed by atoms with Gasteiger partial charge < -0.3 is 21.1 Å². The minimum atomic E-state index is -0.643. The van der Waals surface area contributed by atoms with Crippen LogP contribution in [0.5, 0.6) is 0 Å². The number of anilines is 1. The van der Waals surface area contributed by atoms with Gasteiger partial charge in [-0.05, 0) is 65.9 Å². The number of aromatic nitrogens is 1. The molecule has 0 aliphatic heterocycles. The lowest BCUT2D eigenvalue weighted by Gasteiger charge is -2.19. The maximum Gasteiger partial charge on any atom is 0.339 e. The van der Waals surface area contributed by atoms with Crippen LogP contribution in [0.3, 0.4) is 0 Å². The molecule has 9 nitrogen and oxygen atoms in total. The Morgan fingerprint density at radius 3 is 2.16 bits per heavy atom. The van der Waals surface area contributed by atoms with Gasteiger partial charge in [0.2, 0.25) is 0 Å². The van der Waals surface area contributed by atoms with Crippen molar-refractivity contribution in [1.82, 2.24) is 10.3 Å². The van der Waals surface area contributed by atoms with E-state index in [0.717, 1.165) is 5.56 Å². The van der Waals surface area contributed by atoms with Crippen LogP contribution in [0, 0.1) is 17.7 Å². The van der Waals surface area contributed by atoms with Gasteiger partial charge in [-0.2, -0.15) is 0 Å². The summed E-state index contributed by atoms with van der Waals surface area (Å²) in [6, 6.07) is 24.0. The molecule has 43 heavy (non-hydrogen) atoms. The van der Waals surface area contributed by atoms with E-state index < -0.39 is 11.9 Å². The minimum absolute atomic E-state index is 0.0370. The molecule has 0 aliphatic carbocycles.